The Morgan fingerprint density at radius 1 is 0.607 bits per heavy atom. The van der Waals surface area contributed by atoms with Crippen LogP contribution in [0.4, 0.5) is 5.69 Å². The van der Waals surface area contributed by atoms with Gasteiger partial charge >= 0.3 is 0 Å². The van der Waals surface area contributed by atoms with E-state index in [0.29, 0.717) is 11.6 Å². The number of pyridine rings is 1. The van der Waals surface area contributed by atoms with Gasteiger partial charge < -0.3 is 4.74 Å². The van der Waals surface area contributed by atoms with Crippen molar-refractivity contribution in [3.63, 3.8) is 0 Å². The van der Waals surface area contributed by atoms with Crippen LogP contribution in [-0.2, 0) is 10.3 Å². The fourth-order valence-electron chi connectivity index (χ4n) is 3.74. The van der Waals surface area contributed by atoms with Gasteiger partial charge in [-0.05, 0) is 18.2 Å². The number of ether oxygens (including phenoxy) is 1. The van der Waals surface area contributed by atoms with Gasteiger partial charge in [-0.2, -0.15) is 0 Å². The standard InChI is InChI=1S/C25H18N2O/c1-3-11-19(12-4-1)25(20-13-5-2-6-14-20)21-15-7-8-16-22(21)27-24(28-25)23-17-9-10-18-26-23/h1-18H. The van der Waals surface area contributed by atoms with Crippen molar-refractivity contribution in [2.45, 2.75) is 5.60 Å². The van der Waals surface area contributed by atoms with Crippen molar-refractivity contribution >= 4 is 11.6 Å². The second-order valence-electron chi connectivity index (χ2n) is 6.66. The molecule has 0 aliphatic carbocycles. The zero-order valence-corrected chi connectivity index (χ0v) is 15.2. The first-order valence-electron chi connectivity index (χ1n) is 9.27. The van der Waals surface area contributed by atoms with Crippen LogP contribution in [0.5, 0.6) is 0 Å². The third-order valence-electron chi connectivity index (χ3n) is 5.00. The Kier molecular flexibility index (Phi) is 3.99. The Balaban J connectivity index is 1.83. The molecule has 28 heavy (non-hydrogen) atoms. The minimum absolute atomic E-state index is 0.520. The van der Waals surface area contributed by atoms with Crippen molar-refractivity contribution in [3.05, 3.63) is 132 Å². The molecule has 4 aromatic rings. The van der Waals surface area contributed by atoms with Crippen LogP contribution in [0.2, 0.25) is 0 Å². The monoisotopic (exact) mass is 362 g/mol. The Morgan fingerprint density at radius 2 is 1.21 bits per heavy atom. The van der Waals surface area contributed by atoms with E-state index in [-0.39, 0.29) is 0 Å². The van der Waals surface area contributed by atoms with Gasteiger partial charge in [0.1, 0.15) is 5.69 Å². The highest BCUT2D eigenvalue weighted by atomic mass is 16.5. The van der Waals surface area contributed by atoms with E-state index in [9.17, 15) is 0 Å². The number of nitrogens with zero attached hydrogens (tertiary/aromatic N) is 2. The summed E-state index contributed by atoms with van der Waals surface area (Å²) in [4.78, 5) is 9.27. The van der Waals surface area contributed by atoms with Crippen LogP contribution >= 0.6 is 0 Å². The second-order valence-corrected chi connectivity index (χ2v) is 6.66. The lowest BCUT2D eigenvalue weighted by Gasteiger charge is -2.39. The summed E-state index contributed by atoms with van der Waals surface area (Å²) in [5.41, 5.74) is 3.93. The summed E-state index contributed by atoms with van der Waals surface area (Å²) in [6.45, 7) is 0. The molecule has 0 radical (unpaired) electrons. The van der Waals surface area contributed by atoms with E-state index in [4.69, 9.17) is 9.73 Å². The molecule has 3 nitrogen and oxygen atoms in total. The second kappa shape index (κ2) is 6.78. The van der Waals surface area contributed by atoms with E-state index in [0.717, 1.165) is 22.4 Å². The highest BCUT2D eigenvalue weighted by Crippen LogP contribution is 2.47. The van der Waals surface area contributed by atoms with E-state index in [1.54, 1.807) is 6.20 Å². The lowest BCUT2D eigenvalue weighted by atomic mass is 9.78. The average Bonchev–Trinajstić information content (AvgIpc) is 2.80. The van der Waals surface area contributed by atoms with Gasteiger partial charge in [0.25, 0.3) is 0 Å². The first kappa shape index (κ1) is 16.5. The molecule has 134 valence electrons. The van der Waals surface area contributed by atoms with Gasteiger partial charge in [-0.25, -0.2) is 4.99 Å². The maximum atomic E-state index is 6.75. The molecule has 0 atom stereocenters. The predicted octanol–water partition coefficient (Wildman–Crippen LogP) is 5.48. The number of aromatic nitrogens is 1. The van der Waals surface area contributed by atoms with Crippen LogP contribution < -0.4 is 0 Å². The van der Waals surface area contributed by atoms with Crippen molar-refractivity contribution in [2.75, 3.05) is 0 Å². The van der Waals surface area contributed by atoms with Crippen LogP contribution in [0.25, 0.3) is 0 Å². The van der Waals surface area contributed by atoms with Gasteiger partial charge in [0.2, 0.25) is 5.90 Å². The summed E-state index contributed by atoms with van der Waals surface area (Å²) in [7, 11) is 0. The zero-order chi connectivity index (χ0) is 18.8. The number of rotatable bonds is 3. The van der Waals surface area contributed by atoms with E-state index in [1.807, 2.05) is 72.8 Å². The number of para-hydroxylation sites is 1. The summed E-state index contributed by atoms with van der Waals surface area (Å²) in [5.74, 6) is 0.520. The average molecular weight is 362 g/mol. The fraction of sp³-hybridized carbons (Fsp3) is 0.0400. The predicted molar refractivity (Wildman–Crippen MR) is 111 cm³/mol. The molecule has 0 saturated heterocycles. The van der Waals surface area contributed by atoms with Crippen molar-refractivity contribution in [1.29, 1.82) is 0 Å². The van der Waals surface area contributed by atoms with Gasteiger partial charge in [0.05, 0.1) is 5.69 Å². The minimum atomic E-state index is -0.798. The minimum Gasteiger partial charge on any atom is -0.455 e. The first-order chi connectivity index (χ1) is 13.9. The van der Waals surface area contributed by atoms with Gasteiger partial charge in [-0.3, -0.25) is 4.98 Å². The van der Waals surface area contributed by atoms with Crippen molar-refractivity contribution in [3.8, 4) is 0 Å². The Bertz CT molecular complexity index is 1080. The molecule has 0 amide bonds. The van der Waals surface area contributed by atoms with Gasteiger partial charge in [0, 0.05) is 22.9 Å². The van der Waals surface area contributed by atoms with Crippen LogP contribution in [0.15, 0.2) is 114 Å². The summed E-state index contributed by atoms with van der Waals surface area (Å²) in [6, 6.07) is 34.5. The summed E-state index contributed by atoms with van der Waals surface area (Å²) >= 11 is 0. The lowest BCUT2D eigenvalue weighted by Crippen LogP contribution is -2.38. The molecule has 1 aliphatic heterocycles. The number of hydrogen-bond acceptors (Lipinski definition) is 3. The SMILES string of the molecule is c1ccc(C2(c3ccccc3)OC(c3ccccn3)=Nc3ccccc32)cc1. The smallest absolute Gasteiger partial charge is 0.242 e. The van der Waals surface area contributed by atoms with Crippen molar-refractivity contribution < 1.29 is 4.74 Å². The third kappa shape index (κ3) is 2.60. The maximum absolute atomic E-state index is 6.75. The van der Waals surface area contributed by atoms with Crippen LogP contribution in [0.1, 0.15) is 22.4 Å². The summed E-state index contributed by atoms with van der Waals surface area (Å²) in [5, 5.41) is 0. The molecule has 1 aliphatic rings. The molecule has 0 bridgehead atoms. The maximum Gasteiger partial charge on any atom is 0.242 e. The zero-order valence-electron chi connectivity index (χ0n) is 15.2. The Morgan fingerprint density at radius 3 is 1.86 bits per heavy atom. The topological polar surface area (TPSA) is 34.5 Å². The molecule has 0 N–H and O–H groups in total. The largest absolute Gasteiger partial charge is 0.455 e. The first-order valence-corrected chi connectivity index (χ1v) is 9.27. The number of aliphatic imine (C=N–C) groups is 1. The summed E-state index contributed by atoms with van der Waals surface area (Å²) < 4.78 is 6.75. The molecule has 1 aromatic heterocycles. The number of hydrogen-bond donors (Lipinski definition) is 0. The Labute approximate surface area is 164 Å². The third-order valence-corrected chi connectivity index (χ3v) is 5.00. The van der Waals surface area contributed by atoms with Crippen molar-refractivity contribution in [2.24, 2.45) is 4.99 Å². The van der Waals surface area contributed by atoms with E-state index in [1.165, 1.54) is 0 Å². The molecule has 0 unspecified atom stereocenters. The molecule has 0 saturated carbocycles. The lowest BCUT2D eigenvalue weighted by molar-refractivity contribution is 0.137. The molecule has 0 fully saturated rings. The van der Waals surface area contributed by atoms with E-state index in [2.05, 4.69) is 35.3 Å². The normalized spacial score (nSPS) is 14.5. The number of fused-ring (bicyclic) bond motifs is 1. The van der Waals surface area contributed by atoms with Gasteiger partial charge in [0.15, 0.2) is 5.60 Å². The Hall–Kier alpha value is -3.72. The molecule has 5 rings (SSSR count). The molecule has 3 aromatic carbocycles. The van der Waals surface area contributed by atoms with Crippen molar-refractivity contribution in [1.82, 2.24) is 4.98 Å². The number of benzene rings is 3. The molecule has 2 heterocycles. The summed E-state index contributed by atoms with van der Waals surface area (Å²) in [6.07, 6.45) is 1.76. The van der Waals surface area contributed by atoms with Gasteiger partial charge in [-0.1, -0.05) is 84.9 Å². The quantitative estimate of drug-likeness (QED) is 0.483. The van der Waals surface area contributed by atoms with Gasteiger partial charge in [-0.15, -0.1) is 0 Å². The molecular weight excluding hydrogens is 344 g/mol. The molecule has 3 heteroatoms. The molecular formula is C25H18N2O. The van der Waals surface area contributed by atoms with E-state index >= 15 is 0 Å². The fourth-order valence-corrected chi connectivity index (χ4v) is 3.74. The van der Waals surface area contributed by atoms with E-state index < -0.39 is 5.60 Å². The highest BCUT2D eigenvalue weighted by Gasteiger charge is 2.44. The van der Waals surface area contributed by atoms with Crippen LogP contribution in [-0.4, -0.2) is 10.9 Å². The van der Waals surface area contributed by atoms with Crippen LogP contribution in [0.3, 0.4) is 0 Å². The van der Waals surface area contributed by atoms with Crippen LogP contribution in [0, 0.1) is 0 Å². The molecule has 0 spiro atoms. The highest BCUT2D eigenvalue weighted by molar-refractivity contribution is 5.96.